The molecule has 9 heteroatoms. The fraction of sp³-hybridized carbons (Fsp3) is 0.391. The third-order valence-electron chi connectivity index (χ3n) is 6.02. The van der Waals surface area contributed by atoms with Gasteiger partial charge < -0.3 is 5.11 Å². The van der Waals surface area contributed by atoms with Gasteiger partial charge in [0.1, 0.15) is 4.90 Å². The Balaban J connectivity index is 1.89. The second kappa shape index (κ2) is 8.62. The van der Waals surface area contributed by atoms with Crippen LogP contribution in [-0.4, -0.2) is 38.1 Å². The lowest BCUT2D eigenvalue weighted by Gasteiger charge is -2.26. The minimum Gasteiger partial charge on any atom is -0.393 e. The minimum absolute atomic E-state index is 0.00671. The summed E-state index contributed by atoms with van der Waals surface area (Å²) in [6, 6.07) is 12.9. The molecule has 1 aromatic heterocycles. The van der Waals surface area contributed by atoms with Crippen LogP contribution in [-0.2, 0) is 20.0 Å². The van der Waals surface area contributed by atoms with Crippen molar-refractivity contribution >= 4 is 30.9 Å². The Morgan fingerprint density at radius 1 is 0.938 bits per heavy atom. The molecule has 0 atom stereocenters. The largest absolute Gasteiger partial charge is 0.393 e. The number of benzene rings is 2. The van der Waals surface area contributed by atoms with Crippen LogP contribution in [0.2, 0.25) is 0 Å². The maximum absolute atomic E-state index is 13.5. The number of nitrogens with zero attached hydrogens (tertiary/aromatic N) is 1. The highest BCUT2D eigenvalue weighted by Crippen LogP contribution is 2.35. The summed E-state index contributed by atoms with van der Waals surface area (Å²) in [5.74, 6) is -0.00671. The molecule has 4 rings (SSSR count). The van der Waals surface area contributed by atoms with E-state index in [4.69, 9.17) is 0 Å². The molecule has 2 aromatic carbocycles. The predicted molar refractivity (Wildman–Crippen MR) is 124 cm³/mol. The molecule has 0 spiro atoms. The van der Waals surface area contributed by atoms with Gasteiger partial charge in [-0.1, -0.05) is 44.2 Å². The molecule has 1 aliphatic rings. The zero-order valence-electron chi connectivity index (χ0n) is 18.1. The normalized spacial score (nSPS) is 20.1. The Morgan fingerprint density at radius 3 is 2.22 bits per heavy atom. The first-order chi connectivity index (χ1) is 15.1. The van der Waals surface area contributed by atoms with E-state index < -0.39 is 26.2 Å². The van der Waals surface area contributed by atoms with Crippen molar-refractivity contribution in [1.29, 1.82) is 0 Å². The zero-order chi connectivity index (χ0) is 23.1. The molecule has 1 saturated carbocycles. The molecule has 1 aliphatic carbocycles. The lowest BCUT2D eigenvalue weighted by Crippen LogP contribution is -2.38. The van der Waals surface area contributed by atoms with Crippen LogP contribution in [0.1, 0.15) is 51.0 Å². The van der Waals surface area contributed by atoms with E-state index in [0.717, 1.165) is 9.54 Å². The first-order valence-corrected chi connectivity index (χ1v) is 13.7. The molecule has 1 fully saturated rings. The zero-order valence-corrected chi connectivity index (χ0v) is 19.7. The van der Waals surface area contributed by atoms with Crippen molar-refractivity contribution in [3.63, 3.8) is 0 Å². The van der Waals surface area contributed by atoms with Crippen LogP contribution >= 0.6 is 0 Å². The van der Waals surface area contributed by atoms with E-state index >= 15 is 0 Å². The number of nitrogens with one attached hydrogen (secondary N) is 1. The van der Waals surface area contributed by atoms with Gasteiger partial charge in [0.25, 0.3) is 10.0 Å². The fourth-order valence-electron chi connectivity index (χ4n) is 4.32. The Hall–Kier alpha value is -2.20. The smallest absolute Gasteiger partial charge is 0.268 e. The highest BCUT2D eigenvalue weighted by atomic mass is 32.2. The molecule has 1 heterocycles. The quantitative estimate of drug-likeness (QED) is 0.566. The Kier molecular flexibility index (Phi) is 6.19. The van der Waals surface area contributed by atoms with Crippen LogP contribution in [0.15, 0.2) is 64.5 Å². The van der Waals surface area contributed by atoms with E-state index in [0.29, 0.717) is 36.6 Å². The van der Waals surface area contributed by atoms with Crippen LogP contribution in [0, 0.1) is 0 Å². The molecule has 32 heavy (non-hydrogen) atoms. The van der Waals surface area contributed by atoms with Gasteiger partial charge in [0.05, 0.1) is 16.5 Å². The van der Waals surface area contributed by atoms with E-state index in [1.807, 2.05) is 19.9 Å². The summed E-state index contributed by atoms with van der Waals surface area (Å²) < 4.78 is 57.6. The molecule has 0 bridgehead atoms. The van der Waals surface area contributed by atoms with Gasteiger partial charge in [-0.3, -0.25) is 0 Å². The van der Waals surface area contributed by atoms with Gasteiger partial charge in [-0.15, -0.1) is 0 Å². The Bertz CT molecular complexity index is 1320. The average molecular weight is 477 g/mol. The Labute approximate surface area is 189 Å². The van der Waals surface area contributed by atoms with E-state index in [1.165, 1.54) is 18.3 Å². The minimum atomic E-state index is -4.00. The summed E-state index contributed by atoms with van der Waals surface area (Å²) in [7, 11) is -8.00. The van der Waals surface area contributed by atoms with Crippen molar-refractivity contribution in [2.24, 2.45) is 0 Å². The molecule has 172 valence electrons. The molecule has 0 amide bonds. The van der Waals surface area contributed by atoms with Gasteiger partial charge in [0.15, 0.2) is 0 Å². The third-order valence-corrected chi connectivity index (χ3v) is 9.24. The fourth-order valence-corrected chi connectivity index (χ4v) is 7.30. The first-order valence-electron chi connectivity index (χ1n) is 10.8. The summed E-state index contributed by atoms with van der Waals surface area (Å²) in [6.45, 7) is 3.90. The number of sulfonamides is 1. The van der Waals surface area contributed by atoms with Gasteiger partial charge in [-0.25, -0.2) is 25.5 Å². The number of hydrogen-bond acceptors (Lipinski definition) is 5. The molecule has 0 unspecified atom stereocenters. The van der Waals surface area contributed by atoms with E-state index in [1.54, 1.807) is 30.3 Å². The average Bonchev–Trinajstić information content (AvgIpc) is 3.17. The number of hydrogen-bond donors (Lipinski definition) is 2. The van der Waals surface area contributed by atoms with Crippen LogP contribution in [0.3, 0.4) is 0 Å². The topological polar surface area (TPSA) is 105 Å². The van der Waals surface area contributed by atoms with Gasteiger partial charge in [0.2, 0.25) is 10.0 Å². The van der Waals surface area contributed by atoms with Crippen molar-refractivity contribution in [1.82, 2.24) is 8.69 Å². The van der Waals surface area contributed by atoms with Gasteiger partial charge in [-0.2, -0.15) is 0 Å². The summed E-state index contributed by atoms with van der Waals surface area (Å²) >= 11 is 0. The molecular formula is C23H28N2O5S2. The predicted octanol–water partition coefficient (Wildman–Crippen LogP) is 3.58. The molecule has 2 N–H and O–H groups in total. The standard InChI is InChI=1S/C23H28N2O5S2/c1-16(2)20-9-6-10-21-23(20)22(31(27,28)24-17-11-13-18(26)14-12-17)15-25(21)32(29,30)19-7-4-3-5-8-19/h3-10,15-18,24,26H,11-14H2,1-2H3. The summed E-state index contributed by atoms with van der Waals surface area (Å²) in [5, 5.41) is 10.2. The first kappa shape index (κ1) is 23.0. The maximum atomic E-state index is 13.5. The molecule has 7 nitrogen and oxygen atoms in total. The van der Waals surface area contributed by atoms with Gasteiger partial charge in [0, 0.05) is 17.6 Å². The third kappa shape index (κ3) is 4.22. The van der Waals surface area contributed by atoms with Crippen molar-refractivity contribution in [2.45, 2.75) is 67.4 Å². The van der Waals surface area contributed by atoms with Crippen molar-refractivity contribution in [3.05, 3.63) is 60.3 Å². The monoisotopic (exact) mass is 476 g/mol. The number of fused-ring (bicyclic) bond motifs is 1. The van der Waals surface area contributed by atoms with Crippen LogP contribution in [0.25, 0.3) is 10.9 Å². The second-order valence-corrected chi connectivity index (χ2v) is 12.1. The number of rotatable bonds is 6. The van der Waals surface area contributed by atoms with E-state index in [9.17, 15) is 21.9 Å². The Morgan fingerprint density at radius 2 is 1.59 bits per heavy atom. The van der Waals surface area contributed by atoms with Crippen LogP contribution in [0.5, 0.6) is 0 Å². The van der Waals surface area contributed by atoms with Crippen LogP contribution < -0.4 is 4.72 Å². The number of aromatic nitrogens is 1. The highest BCUT2D eigenvalue weighted by Gasteiger charge is 2.31. The SMILES string of the molecule is CC(C)c1cccc2c1c(S(=O)(=O)NC1CCC(O)CC1)cn2S(=O)(=O)c1ccccc1. The lowest BCUT2D eigenvalue weighted by atomic mass is 9.94. The van der Waals surface area contributed by atoms with Crippen molar-refractivity contribution in [2.75, 3.05) is 0 Å². The number of aliphatic hydroxyl groups is 1. The molecule has 0 saturated heterocycles. The maximum Gasteiger partial charge on any atom is 0.268 e. The van der Waals surface area contributed by atoms with E-state index in [-0.39, 0.29) is 21.8 Å². The summed E-state index contributed by atoms with van der Waals surface area (Å²) in [5.41, 5.74) is 1.10. The molecular weight excluding hydrogens is 448 g/mol. The molecule has 0 radical (unpaired) electrons. The molecule has 3 aromatic rings. The van der Waals surface area contributed by atoms with Crippen LogP contribution in [0.4, 0.5) is 0 Å². The number of aliphatic hydroxyl groups excluding tert-OH is 1. The summed E-state index contributed by atoms with van der Waals surface area (Å²) in [4.78, 5) is 0.0486. The highest BCUT2D eigenvalue weighted by molar-refractivity contribution is 7.91. The lowest BCUT2D eigenvalue weighted by molar-refractivity contribution is 0.120. The molecule has 0 aliphatic heterocycles. The van der Waals surface area contributed by atoms with Gasteiger partial charge in [-0.05, 0) is 55.4 Å². The van der Waals surface area contributed by atoms with Gasteiger partial charge >= 0.3 is 0 Å². The van der Waals surface area contributed by atoms with Crippen molar-refractivity contribution < 1.29 is 21.9 Å². The second-order valence-electron chi connectivity index (χ2n) is 8.63. The summed E-state index contributed by atoms with van der Waals surface area (Å²) in [6.07, 6.45) is 2.97. The van der Waals surface area contributed by atoms with E-state index in [2.05, 4.69) is 4.72 Å². The van der Waals surface area contributed by atoms with Crippen molar-refractivity contribution in [3.8, 4) is 0 Å².